The molecule has 0 radical (unpaired) electrons. The van der Waals surface area contributed by atoms with E-state index in [1.165, 1.54) is 0 Å². The molecule has 2 aliphatic heterocycles. The number of hydrogen-bond donors (Lipinski definition) is 1. The third-order valence-electron chi connectivity index (χ3n) is 5.23. The highest BCUT2D eigenvalue weighted by molar-refractivity contribution is 14.0. The summed E-state index contributed by atoms with van der Waals surface area (Å²) < 4.78 is 10.6. The predicted molar refractivity (Wildman–Crippen MR) is 121 cm³/mol. The average molecular weight is 506 g/mol. The smallest absolute Gasteiger partial charge is 0.193 e. The minimum absolute atomic E-state index is 0. The molecule has 0 saturated carbocycles. The molecule has 1 N–H and O–H groups in total. The summed E-state index contributed by atoms with van der Waals surface area (Å²) in [6.45, 7) is 14.9. The van der Waals surface area contributed by atoms with Crippen molar-refractivity contribution in [3.63, 3.8) is 0 Å². The summed E-state index contributed by atoms with van der Waals surface area (Å²) in [4.78, 5) is 11.8. The monoisotopic (exact) mass is 506 g/mol. The number of nitrogens with zero attached hydrogens (tertiary/aromatic N) is 5. The lowest BCUT2D eigenvalue weighted by molar-refractivity contribution is 0.0320. The second-order valence-corrected chi connectivity index (χ2v) is 7.64. The van der Waals surface area contributed by atoms with Crippen molar-refractivity contribution in [2.24, 2.45) is 10.9 Å². The predicted octanol–water partition coefficient (Wildman–Crippen LogP) is 1.26. The van der Waals surface area contributed by atoms with Gasteiger partial charge in [0.05, 0.1) is 18.9 Å². The van der Waals surface area contributed by atoms with Crippen LogP contribution in [-0.2, 0) is 11.3 Å². The molecule has 2 aliphatic rings. The second kappa shape index (κ2) is 11.9. The molecule has 0 aromatic carbocycles. The summed E-state index contributed by atoms with van der Waals surface area (Å²) in [6, 6.07) is 2.02. The molecule has 0 bridgehead atoms. The first-order valence-corrected chi connectivity index (χ1v) is 10.0. The standard InChI is InChI=1S/C19H34N6O2.HI/c1-16(14-24-8-10-26-11-9-24)13-21-19(20-3)25-6-4-23(5-7-25)15-18-12-17(2)27-22-18;/h12,16H,4-11,13-15H2,1-3H3,(H,20,21);1H. The maximum atomic E-state index is 5.43. The molecule has 0 amide bonds. The quantitative estimate of drug-likeness (QED) is 0.354. The largest absolute Gasteiger partial charge is 0.379 e. The van der Waals surface area contributed by atoms with E-state index in [1.54, 1.807) is 0 Å². The van der Waals surface area contributed by atoms with Gasteiger partial charge >= 0.3 is 0 Å². The molecule has 160 valence electrons. The lowest BCUT2D eigenvalue weighted by Crippen LogP contribution is -2.53. The van der Waals surface area contributed by atoms with E-state index in [0.29, 0.717) is 5.92 Å². The first-order valence-electron chi connectivity index (χ1n) is 10.0. The number of aromatic nitrogens is 1. The zero-order valence-corrected chi connectivity index (χ0v) is 19.7. The van der Waals surface area contributed by atoms with Crippen LogP contribution in [0.2, 0.25) is 0 Å². The molecule has 1 aromatic heterocycles. The fourth-order valence-electron chi connectivity index (χ4n) is 3.73. The van der Waals surface area contributed by atoms with Crippen molar-refractivity contribution in [3.8, 4) is 0 Å². The zero-order valence-electron chi connectivity index (χ0n) is 17.4. The van der Waals surface area contributed by atoms with Crippen LogP contribution in [0, 0.1) is 12.8 Å². The van der Waals surface area contributed by atoms with Gasteiger partial charge in [0.1, 0.15) is 5.76 Å². The van der Waals surface area contributed by atoms with Crippen molar-refractivity contribution in [2.75, 3.05) is 72.6 Å². The number of nitrogens with one attached hydrogen (secondary N) is 1. The Kier molecular flexibility index (Phi) is 9.96. The Morgan fingerprint density at radius 3 is 2.50 bits per heavy atom. The van der Waals surface area contributed by atoms with E-state index < -0.39 is 0 Å². The molecular weight excluding hydrogens is 471 g/mol. The highest BCUT2D eigenvalue weighted by atomic mass is 127. The Balaban J connectivity index is 0.00000280. The van der Waals surface area contributed by atoms with E-state index in [0.717, 1.165) is 89.5 Å². The zero-order chi connectivity index (χ0) is 19.1. The molecule has 1 aromatic rings. The highest BCUT2D eigenvalue weighted by Crippen LogP contribution is 2.09. The first kappa shape index (κ1) is 23.4. The molecule has 3 rings (SSSR count). The summed E-state index contributed by atoms with van der Waals surface area (Å²) in [5, 5.41) is 7.67. The van der Waals surface area contributed by atoms with E-state index in [4.69, 9.17) is 9.26 Å². The van der Waals surface area contributed by atoms with Crippen LogP contribution in [0.25, 0.3) is 0 Å². The molecule has 2 saturated heterocycles. The summed E-state index contributed by atoms with van der Waals surface area (Å²) in [5.41, 5.74) is 1.01. The second-order valence-electron chi connectivity index (χ2n) is 7.64. The van der Waals surface area contributed by atoms with Crippen molar-refractivity contribution in [1.29, 1.82) is 0 Å². The SMILES string of the molecule is CN=C(NCC(C)CN1CCOCC1)N1CCN(Cc2cc(C)on2)CC1.I. The van der Waals surface area contributed by atoms with Crippen LogP contribution in [0.3, 0.4) is 0 Å². The molecule has 28 heavy (non-hydrogen) atoms. The number of aryl methyl sites for hydroxylation is 1. The van der Waals surface area contributed by atoms with Gasteiger partial charge in [-0.05, 0) is 12.8 Å². The van der Waals surface area contributed by atoms with Crippen molar-refractivity contribution in [3.05, 3.63) is 17.5 Å². The summed E-state index contributed by atoms with van der Waals surface area (Å²) in [7, 11) is 1.87. The summed E-state index contributed by atoms with van der Waals surface area (Å²) in [6.07, 6.45) is 0. The van der Waals surface area contributed by atoms with Gasteiger partial charge in [-0.15, -0.1) is 24.0 Å². The molecule has 3 heterocycles. The maximum Gasteiger partial charge on any atom is 0.193 e. The van der Waals surface area contributed by atoms with Crippen LogP contribution < -0.4 is 5.32 Å². The number of rotatable bonds is 6. The van der Waals surface area contributed by atoms with Gasteiger partial charge < -0.3 is 19.5 Å². The van der Waals surface area contributed by atoms with Gasteiger partial charge in [0.15, 0.2) is 5.96 Å². The van der Waals surface area contributed by atoms with Gasteiger partial charge in [-0.25, -0.2) is 0 Å². The lowest BCUT2D eigenvalue weighted by Gasteiger charge is -2.36. The average Bonchev–Trinajstić information content (AvgIpc) is 3.09. The topological polar surface area (TPSA) is 69.4 Å². The fraction of sp³-hybridized carbons (Fsp3) is 0.789. The third-order valence-corrected chi connectivity index (χ3v) is 5.23. The van der Waals surface area contributed by atoms with Crippen LogP contribution in [0.1, 0.15) is 18.4 Å². The minimum Gasteiger partial charge on any atom is -0.379 e. The lowest BCUT2D eigenvalue weighted by atomic mass is 10.1. The van der Waals surface area contributed by atoms with Crippen LogP contribution in [0.15, 0.2) is 15.6 Å². The van der Waals surface area contributed by atoms with E-state index in [-0.39, 0.29) is 24.0 Å². The fourth-order valence-corrected chi connectivity index (χ4v) is 3.73. The van der Waals surface area contributed by atoms with Crippen molar-refractivity contribution < 1.29 is 9.26 Å². The molecule has 8 nitrogen and oxygen atoms in total. The number of guanidine groups is 1. The Morgan fingerprint density at radius 1 is 1.18 bits per heavy atom. The van der Waals surface area contributed by atoms with Crippen molar-refractivity contribution >= 4 is 29.9 Å². The number of morpholine rings is 1. The van der Waals surface area contributed by atoms with E-state index in [9.17, 15) is 0 Å². The van der Waals surface area contributed by atoms with Crippen molar-refractivity contribution in [1.82, 2.24) is 25.2 Å². The molecular formula is C19H35IN6O2. The van der Waals surface area contributed by atoms with Gasteiger partial charge in [0.25, 0.3) is 0 Å². The number of aliphatic imine (C=N–C) groups is 1. The number of piperazine rings is 1. The maximum absolute atomic E-state index is 5.43. The number of ether oxygens (including phenoxy) is 1. The minimum atomic E-state index is 0. The molecule has 0 aliphatic carbocycles. The molecule has 1 atom stereocenters. The number of halogens is 1. The first-order chi connectivity index (χ1) is 13.1. The third kappa shape index (κ3) is 7.16. The summed E-state index contributed by atoms with van der Waals surface area (Å²) in [5.74, 6) is 2.47. The van der Waals surface area contributed by atoms with E-state index in [1.807, 2.05) is 20.0 Å². The Bertz CT molecular complexity index is 597. The molecule has 2 fully saturated rings. The van der Waals surface area contributed by atoms with Gasteiger partial charge in [-0.2, -0.15) is 0 Å². The normalized spacial score (nSPS) is 20.7. The Morgan fingerprint density at radius 2 is 1.89 bits per heavy atom. The van der Waals surface area contributed by atoms with Crippen LogP contribution in [-0.4, -0.2) is 98.4 Å². The van der Waals surface area contributed by atoms with E-state index in [2.05, 4.69) is 37.1 Å². The van der Waals surface area contributed by atoms with E-state index >= 15 is 0 Å². The van der Waals surface area contributed by atoms with Crippen LogP contribution >= 0.6 is 24.0 Å². The number of hydrogen-bond acceptors (Lipinski definition) is 6. The molecule has 9 heteroatoms. The Labute approximate surface area is 185 Å². The Hall–Kier alpha value is -0.910. The molecule has 0 spiro atoms. The molecule has 1 unspecified atom stereocenters. The van der Waals surface area contributed by atoms with Gasteiger partial charge in [0, 0.05) is 72.0 Å². The summed E-state index contributed by atoms with van der Waals surface area (Å²) >= 11 is 0. The van der Waals surface area contributed by atoms with Gasteiger partial charge in [0.2, 0.25) is 0 Å². The van der Waals surface area contributed by atoms with Gasteiger partial charge in [-0.3, -0.25) is 14.8 Å². The van der Waals surface area contributed by atoms with Crippen molar-refractivity contribution in [2.45, 2.75) is 20.4 Å². The van der Waals surface area contributed by atoms with Gasteiger partial charge in [-0.1, -0.05) is 12.1 Å². The highest BCUT2D eigenvalue weighted by Gasteiger charge is 2.21. The van der Waals surface area contributed by atoms with Crippen LogP contribution in [0.4, 0.5) is 0 Å². The van der Waals surface area contributed by atoms with Crippen LogP contribution in [0.5, 0.6) is 0 Å².